The number of ether oxygens (including phenoxy) is 2. The first-order valence-corrected chi connectivity index (χ1v) is 14.2. The Labute approximate surface area is 248 Å². The van der Waals surface area contributed by atoms with Crippen LogP contribution in [0.1, 0.15) is 48.5 Å². The normalized spacial score (nSPS) is 14.8. The molecule has 3 amide bonds. The molecule has 1 aliphatic rings. The van der Waals surface area contributed by atoms with Crippen molar-refractivity contribution < 1.29 is 28.7 Å². The van der Waals surface area contributed by atoms with Crippen LogP contribution < -0.4 is 15.4 Å². The number of pyridine rings is 1. The number of carbonyl (C=O) groups is 4. The highest BCUT2D eigenvalue weighted by Crippen LogP contribution is 2.22. The van der Waals surface area contributed by atoms with Gasteiger partial charge in [0.05, 0.1) is 11.9 Å². The molecule has 0 saturated carbocycles. The van der Waals surface area contributed by atoms with E-state index in [2.05, 4.69) is 25.7 Å². The summed E-state index contributed by atoms with van der Waals surface area (Å²) in [5, 5.41) is 9.87. The monoisotopic (exact) mass is 602 g/mol. The van der Waals surface area contributed by atoms with Crippen molar-refractivity contribution in [2.75, 3.05) is 38.0 Å². The zero-order valence-corrected chi connectivity index (χ0v) is 25.8. The molecule has 2 aromatic rings. The molecule has 0 radical (unpaired) electrons. The SMILES string of the molecule is C/C=C(\N=c1\sc(-c2cncc(NC(=O)CNC(=O)OC(C)(C)C)c2)nn1C=O)N1CCN(C(=O)OC(C)(C)C)CC1. The Kier molecular flexibility index (Phi) is 10.4. The van der Waals surface area contributed by atoms with E-state index in [4.69, 9.17) is 9.47 Å². The molecule has 1 saturated heterocycles. The van der Waals surface area contributed by atoms with Crippen molar-refractivity contribution in [2.24, 2.45) is 4.99 Å². The van der Waals surface area contributed by atoms with Crippen molar-refractivity contribution in [1.82, 2.24) is 29.9 Å². The predicted molar refractivity (Wildman–Crippen MR) is 157 cm³/mol. The summed E-state index contributed by atoms with van der Waals surface area (Å²) in [5.74, 6) is 0.170. The van der Waals surface area contributed by atoms with Crippen LogP contribution in [-0.4, -0.2) is 93.0 Å². The summed E-state index contributed by atoms with van der Waals surface area (Å²) in [5.41, 5.74) is -0.306. The number of amides is 3. The van der Waals surface area contributed by atoms with Gasteiger partial charge in [0, 0.05) is 37.9 Å². The first kappa shape index (κ1) is 32.2. The van der Waals surface area contributed by atoms with E-state index >= 15 is 0 Å². The largest absolute Gasteiger partial charge is 0.444 e. The van der Waals surface area contributed by atoms with Crippen molar-refractivity contribution in [1.29, 1.82) is 0 Å². The molecule has 3 heterocycles. The zero-order chi connectivity index (χ0) is 31.1. The summed E-state index contributed by atoms with van der Waals surface area (Å²) >= 11 is 1.18. The molecule has 1 aliphatic heterocycles. The molecule has 228 valence electrons. The first-order chi connectivity index (χ1) is 19.7. The average Bonchev–Trinajstić information content (AvgIpc) is 3.32. The van der Waals surface area contributed by atoms with Crippen LogP contribution in [0.5, 0.6) is 0 Å². The number of carbonyl (C=O) groups excluding carboxylic acids is 4. The molecule has 14 nitrogen and oxygen atoms in total. The summed E-state index contributed by atoms with van der Waals surface area (Å²) in [7, 11) is 0. The van der Waals surface area contributed by atoms with E-state index in [1.54, 1.807) is 37.9 Å². The minimum atomic E-state index is -0.701. The molecular weight excluding hydrogens is 564 g/mol. The van der Waals surface area contributed by atoms with Crippen molar-refractivity contribution in [3.8, 4) is 10.6 Å². The van der Waals surface area contributed by atoms with E-state index in [1.165, 1.54) is 17.5 Å². The van der Waals surface area contributed by atoms with Gasteiger partial charge in [-0.15, -0.1) is 0 Å². The molecule has 1 fully saturated rings. The van der Waals surface area contributed by atoms with Crippen molar-refractivity contribution >= 4 is 41.5 Å². The molecule has 15 heteroatoms. The molecule has 0 aliphatic carbocycles. The van der Waals surface area contributed by atoms with Gasteiger partial charge < -0.3 is 29.9 Å². The zero-order valence-electron chi connectivity index (χ0n) is 25.0. The van der Waals surface area contributed by atoms with E-state index in [0.717, 1.165) is 4.68 Å². The number of allylic oxidation sites excluding steroid dienone is 1. The third-order valence-corrected chi connectivity index (χ3v) is 6.44. The molecule has 0 unspecified atom stereocenters. The Balaban J connectivity index is 1.69. The van der Waals surface area contributed by atoms with Gasteiger partial charge in [0.15, 0.2) is 0 Å². The van der Waals surface area contributed by atoms with E-state index < -0.39 is 23.2 Å². The molecule has 0 spiro atoms. The van der Waals surface area contributed by atoms with Crippen LogP contribution in [0.3, 0.4) is 0 Å². The lowest BCUT2D eigenvalue weighted by atomic mass is 10.2. The second-order valence-electron chi connectivity index (χ2n) is 11.3. The number of aromatic nitrogens is 3. The van der Waals surface area contributed by atoms with E-state index in [-0.39, 0.29) is 12.6 Å². The summed E-state index contributed by atoms with van der Waals surface area (Å²) in [6.45, 7) is 14.3. The Hall–Kier alpha value is -4.27. The lowest BCUT2D eigenvalue weighted by Gasteiger charge is -2.36. The predicted octanol–water partition coefficient (Wildman–Crippen LogP) is 2.82. The number of anilines is 1. The highest BCUT2D eigenvalue weighted by molar-refractivity contribution is 7.12. The van der Waals surface area contributed by atoms with Crippen LogP contribution in [0.2, 0.25) is 0 Å². The summed E-state index contributed by atoms with van der Waals surface area (Å²) in [4.78, 5) is 61.2. The molecule has 0 atom stereocenters. The number of hydrogen-bond donors (Lipinski definition) is 2. The van der Waals surface area contributed by atoms with Gasteiger partial charge in [0.2, 0.25) is 17.1 Å². The first-order valence-electron chi connectivity index (χ1n) is 13.4. The standard InChI is InChI=1S/C27H38N8O6S/c1-8-20(33-9-11-34(12-10-33)25(39)41-27(5,6)7)31-23-35(17-36)32-22(42-23)18-13-19(15-28-14-18)30-21(37)16-29-24(38)40-26(2,3)4/h8,13-15,17H,9-12,16H2,1-7H3,(H,29,38)(H,30,37)/b20-8+,31-23+. The van der Waals surface area contributed by atoms with E-state index in [9.17, 15) is 19.2 Å². The lowest BCUT2D eigenvalue weighted by molar-refractivity contribution is -0.115. The van der Waals surface area contributed by atoms with Gasteiger partial charge in [-0.2, -0.15) is 9.78 Å². The van der Waals surface area contributed by atoms with Gasteiger partial charge >= 0.3 is 12.2 Å². The number of nitrogens with zero attached hydrogens (tertiary/aromatic N) is 6. The van der Waals surface area contributed by atoms with Crippen LogP contribution in [0.25, 0.3) is 10.6 Å². The Morgan fingerprint density at radius 2 is 1.67 bits per heavy atom. The second-order valence-corrected chi connectivity index (χ2v) is 12.3. The maximum absolute atomic E-state index is 12.4. The fourth-order valence-corrected chi connectivity index (χ4v) is 4.56. The van der Waals surface area contributed by atoms with Crippen LogP contribution in [0.4, 0.5) is 15.3 Å². The smallest absolute Gasteiger partial charge is 0.410 e. The maximum Gasteiger partial charge on any atom is 0.410 e. The topological polar surface area (TPSA) is 160 Å². The van der Waals surface area contributed by atoms with Crippen LogP contribution in [0, 0.1) is 0 Å². The molecule has 0 aromatic carbocycles. The molecule has 2 aromatic heterocycles. The molecule has 3 rings (SSSR count). The minimum absolute atomic E-state index is 0.289. The minimum Gasteiger partial charge on any atom is -0.444 e. The molecule has 2 N–H and O–H groups in total. The maximum atomic E-state index is 12.4. The fraction of sp³-hybridized carbons (Fsp3) is 0.519. The third kappa shape index (κ3) is 9.68. The quantitative estimate of drug-likeness (QED) is 0.454. The molecule has 42 heavy (non-hydrogen) atoms. The van der Waals surface area contributed by atoms with Crippen LogP contribution in [-0.2, 0) is 19.1 Å². The van der Waals surface area contributed by atoms with Crippen molar-refractivity contribution in [2.45, 2.75) is 59.7 Å². The Morgan fingerprint density at radius 3 is 2.26 bits per heavy atom. The third-order valence-electron chi connectivity index (χ3n) is 5.47. The van der Waals surface area contributed by atoms with E-state index in [0.29, 0.717) is 59.5 Å². The van der Waals surface area contributed by atoms with Crippen LogP contribution >= 0.6 is 11.3 Å². The van der Waals surface area contributed by atoms with Gasteiger partial charge in [-0.05, 0) is 60.6 Å². The number of nitrogens with one attached hydrogen (secondary N) is 2. The van der Waals surface area contributed by atoms with E-state index in [1.807, 2.05) is 38.7 Å². The van der Waals surface area contributed by atoms with Gasteiger partial charge in [-0.1, -0.05) is 11.3 Å². The van der Waals surface area contributed by atoms with Gasteiger partial charge in [0.25, 0.3) is 0 Å². The summed E-state index contributed by atoms with van der Waals surface area (Å²) < 4.78 is 11.7. The number of hydrogen-bond acceptors (Lipinski definition) is 11. The van der Waals surface area contributed by atoms with Crippen molar-refractivity contribution in [3.05, 3.63) is 35.2 Å². The Morgan fingerprint density at radius 1 is 1.02 bits per heavy atom. The summed E-state index contributed by atoms with van der Waals surface area (Å²) in [6.07, 6.45) is 4.36. The van der Waals surface area contributed by atoms with Gasteiger partial charge in [-0.3, -0.25) is 14.6 Å². The number of rotatable bonds is 7. The lowest BCUT2D eigenvalue weighted by Crippen LogP contribution is -2.49. The fourth-order valence-electron chi connectivity index (χ4n) is 3.71. The highest BCUT2D eigenvalue weighted by Gasteiger charge is 2.26. The van der Waals surface area contributed by atoms with Crippen LogP contribution in [0.15, 0.2) is 35.3 Å². The summed E-state index contributed by atoms with van der Waals surface area (Å²) in [6, 6.07) is 1.66. The average molecular weight is 603 g/mol. The molecule has 0 bridgehead atoms. The number of piperazine rings is 1. The highest BCUT2D eigenvalue weighted by atomic mass is 32.1. The second kappa shape index (κ2) is 13.6. The van der Waals surface area contributed by atoms with Gasteiger partial charge in [-0.25, -0.2) is 14.6 Å². The Bertz CT molecular complexity index is 1390. The number of alkyl carbamates (subject to hydrolysis) is 1. The van der Waals surface area contributed by atoms with Gasteiger partial charge in [0.1, 0.15) is 28.6 Å². The molecular formula is C27H38N8O6S. The van der Waals surface area contributed by atoms with Crippen molar-refractivity contribution in [3.63, 3.8) is 0 Å².